The van der Waals surface area contributed by atoms with Crippen molar-refractivity contribution >= 4 is 0 Å². The molecule has 0 spiro atoms. The van der Waals surface area contributed by atoms with E-state index in [0.29, 0.717) is 5.92 Å². The fourth-order valence-electron chi connectivity index (χ4n) is 2.13. The van der Waals surface area contributed by atoms with Crippen molar-refractivity contribution in [3.8, 4) is 0 Å². The first-order chi connectivity index (χ1) is 6.06. The average molecular weight is 187 g/mol. The first kappa shape index (κ1) is 11.0. The Morgan fingerprint density at radius 1 is 1.31 bits per heavy atom. The summed E-state index contributed by atoms with van der Waals surface area (Å²) in [6, 6.07) is 0.128. The van der Waals surface area contributed by atoms with Gasteiger partial charge in [0.25, 0.3) is 0 Å². The summed E-state index contributed by atoms with van der Waals surface area (Å²) in [5.74, 6) is 0.511. The van der Waals surface area contributed by atoms with Crippen LogP contribution in [0.5, 0.6) is 0 Å². The quantitative estimate of drug-likeness (QED) is 0.660. The molecule has 4 atom stereocenters. The Kier molecular flexibility index (Phi) is 3.71. The van der Waals surface area contributed by atoms with Crippen LogP contribution in [0.25, 0.3) is 0 Å². The molecule has 13 heavy (non-hydrogen) atoms. The van der Waals surface area contributed by atoms with Gasteiger partial charge < -0.3 is 15.1 Å². The summed E-state index contributed by atoms with van der Waals surface area (Å²) in [5.41, 5.74) is 0. The number of rotatable bonds is 2. The second-order valence-corrected chi connectivity index (χ2v) is 4.28. The molecule has 1 rings (SSSR count). The Morgan fingerprint density at radius 2 is 1.92 bits per heavy atom. The molecule has 2 N–H and O–H groups in total. The summed E-state index contributed by atoms with van der Waals surface area (Å²) < 4.78 is 0. The molecule has 0 bridgehead atoms. The van der Waals surface area contributed by atoms with Gasteiger partial charge in [-0.2, -0.15) is 0 Å². The van der Waals surface area contributed by atoms with Gasteiger partial charge in [-0.3, -0.25) is 0 Å². The molecule has 1 saturated carbocycles. The van der Waals surface area contributed by atoms with Crippen molar-refractivity contribution in [3.63, 3.8) is 0 Å². The fourth-order valence-corrected chi connectivity index (χ4v) is 2.13. The van der Waals surface area contributed by atoms with E-state index in [1.807, 2.05) is 7.05 Å². The maximum atomic E-state index is 9.77. The van der Waals surface area contributed by atoms with Crippen molar-refractivity contribution in [2.45, 2.75) is 44.9 Å². The van der Waals surface area contributed by atoms with Crippen molar-refractivity contribution in [2.75, 3.05) is 13.6 Å². The lowest BCUT2D eigenvalue weighted by Crippen LogP contribution is -2.51. The molecule has 0 aromatic heterocycles. The summed E-state index contributed by atoms with van der Waals surface area (Å²) in [7, 11) is 2.00. The summed E-state index contributed by atoms with van der Waals surface area (Å²) >= 11 is 0. The summed E-state index contributed by atoms with van der Waals surface area (Å²) in [5, 5.41) is 19.4. The minimum Gasteiger partial charge on any atom is -0.390 e. The highest BCUT2D eigenvalue weighted by Gasteiger charge is 2.35. The number of likely N-dealkylation sites (N-methyl/N-ethyl adjacent to an activating group) is 1. The normalized spacial score (nSPS) is 41.1. The lowest BCUT2D eigenvalue weighted by Gasteiger charge is -2.40. The van der Waals surface area contributed by atoms with Crippen LogP contribution in [0.1, 0.15) is 26.7 Å². The zero-order chi connectivity index (χ0) is 10.0. The van der Waals surface area contributed by atoms with Gasteiger partial charge in [-0.1, -0.05) is 13.8 Å². The monoisotopic (exact) mass is 187 g/mol. The molecule has 1 aliphatic carbocycles. The van der Waals surface area contributed by atoms with Crippen LogP contribution in [0.4, 0.5) is 0 Å². The summed E-state index contributed by atoms with van der Waals surface area (Å²) in [6.45, 7) is 5.12. The van der Waals surface area contributed by atoms with E-state index in [1.54, 1.807) is 0 Å². The SMILES string of the molecule is CCN(C)C1CC(C)CC(O)[C@@H]1O. The van der Waals surface area contributed by atoms with Crippen LogP contribution in [0, 0.1) is 5.92 Å². The molecule has 1 fully saturated rings. The molecular weight excluding hydrogens is 166 g/mol. The van der Waals surface area contributed by atoms with E-state index in [4.69, 9.17) is 0 Å². The van der Waals surface area contributed by atoms with Crippen LogP contribution in [0.3, 0.4) is 0 Å². The molecule has 3 nitrogen and oxygen atoms in total. The lowest BCUT2D eigenvalue weighted by molar-refractivity contribution is -0.0712. The van der Waals surface area contributed by atoms with Gasteiger partial charge in [-0.25, -0.2) is 0 Å². The highest BCUT2D eigenvalue weighted by Crippen LogP contribution is 2.27. The van der Waals surface area contributed by atoms with Crippen LogP contribution in [-0.2, 0) is 0 Å². The Labute approximate surface area is 80.4 Å². The topological polar surface area (TPSA) is 43.7 Å². The Bertz CT molecular complexity index is 163. The molecule has 78 valence electrons. The third kappa shape index (κ3) is 2.42. The van der Waals surface area contributed by atoms with Gasteiger partial charge >= 0.3 is 0 Å². The lowest BCUT2D eigenvalue weighted by atomic mass is 9.82. The molecule has 0 heterocycles. The third-order valence-electron chi connectivity index (χ3n) is 3.14. The second-order valence-electron chi connectivity index (χ2n) is 4.28. The molecule has 3 heteroatoms. The molecule has 0 saturated heterocycles. The van der Waals surface area contributed by atoms with Gasteiger partial charge in [0.15, 0.2) is 0 Å². The molecule has 0 amide bonds. The second kappa shape index (κ2) is 4.40. The molecule has 3 unspecified atom stereocenters. The highest BCUT2D eigenvalue weighted by molar-refractivity contribution is 4.89. The number of hydrogen-bond donors (Lipinski definition) is 2. The molecule has 0 radical (unpaired) electrons. The minimum absolute atomic E-state index is 0.128. The first-order valence-electron chi connectivity index (χ1n) is 5.12. The Morgan fingerprint density at radius 3 is 2.46 bits per heavy atom. The Hall–Kier alpha value is -0.120. The summed E-state index contributed by atoms with van der Waals surface area (Å²) in [4.78, 5) is 2.11. The van der Waals surface area contributed by atoms with Crippen molar-refractivity contribution in [1.82, 2.24) is 4.90 Å². The third-order valence-corrected chi connectivity index (χ3v) is 3.14. The van der Waals surface area contributed by atoms with Crippen molar-refractivity contribution < 1.29 is 10.2 Å². The zero-order valence-electron chi connectivity index (χ0n) is 8.77. The Balaban J connectivity index is 2.60. The van der Waals surface area contributed by atoms with Crippen molar-refractivity contribution in [2.24, 2.45) is 5.92 Å². The average Bonchev–Trinajstić information content (AvgIpc) is 2.10. The van der Waals surface area contributed by atoms with Gasteiger partial charge in [-0.15, -0.1) is 0 Å². The largest absolute Gasteiger partial charge is 0.390 e. The van der Waals surface area contributed by atoms with Gasteiger partial charge in [0.2, 0.25) is 0 Å². The molecule has 0 aliphatic heterocycles. The van der Waals surface area contributed by atoms with Crippen molar-refractivity contribution in [1.29, 1.82) is 0 Å². The minimum atomic E-state index is -0.568. The van der Waals surface area contributed by atoms with E-state index in [2.05, 4.69) is 18.7 Å². The predicted molar refractivity (Wildman–Crippen MR) is 52.5 cm³/mol. The maximum Gasteiger partial charge on any atom is 0.0953 e. The van der Waals surface area contributed by atoms with Crippen LogP contribution >= 0.6 is 0 Å². The van der Waals surface area contributed by atoms with E-state index >= 15 is 0 Å². The zero-order valence-corrected chi connectivity index (χ0v) is 8.77. The van der Waals surface area contributed by atoms with Gasteiger partial charge in [0.05, 0.1) is 12.2 Å². The smallest absolute Gasteiger partial charge is 0.0953 e. The van der Waals surface area contributed by atoms with E-state index in [1.165, 1.54) is 0 Å². The van der Waals surface area contributed by atoms with Crippen LogP contribution in [0.15, 0.2) is 0 Å². The van der Waals surface area contributed by atoms with Gasteiger partial charge in [0.1, 0.15) is 0 Å². The van der Waals surface area contributed by atoms with Crippen LogP contribution < -0.4 is 0 Å². The van der Waals surface area contributed by atoms with E-state index in [-0.39, 0.29) is 6.04 Å². The van der Waals surface area contributed by atoms with E-state index < -0.39 is 12.2 Å². The number of aliphatic hydroxyl groups is 2. The van der Waals surface area contributed by atoms with E-state index in [9.17, 15) is 10.2 Å². The van der Waals surface area contributed by atoms with Crippen molar-refractivity contribution in [3.05, 3.63) is 0 Å². The van der Waals surface area contributed by atoms with Gasteiger partial charge in [-0.05, 0) is 32.4 Å². The number of hydrogen-bond acceptors (Lipinski definition) is 3. The fraction of sp³-hybridized carbons (Fsp3) is 1.00. The molecule has 1 aliphatic rings. The molecule has 0 aromatic carbocycles. The van der Waals surface area contributed by atoms with Crippen LogP contribution in [-0.4, -0.2) is 47.0 Å². The first-order valence-corrected chi connectivity index (χ1v) is 5.12. The van der Waals surface area contributed by atoms with Crippen LogP contribution in [0.2, 0.25) is 0 Å². The van der Waals surface area contributed by atoms with Gasteiger partial charge in [0, 0.05) is 6.04 Å². The number of nitrogens with zero attached hydrogens (tertiary/aromatic N) is 1. The summed E-state index contributed by atoms with van der Waals surface area (Å²) in [6.07, 6.45) is 0.613. The molecular formula is C10H21NO2. The van der Waals surface area contributed by atoms with E-state index in [0.717, 1.165) is 19.4 Å². The highest BCUT2D eigenvalue weighted by atomic mass is 16.3. The standard InChI is InChI=1S/C10H21NO2/c1-4-11(3)8-5-7(2)6-9(12)10(8)13/h7-10,12-13H,4-6H2,1-3H3/t7?,8?,9?,10-/m1/s1. The molecule has 0 aromatic rings. The maximum absolute atomic E-state index is 9.77. The number of aliphatic hydroxyl groups excluding tert-OH is 2. The predicted octanol–water partition coefficient (Wildman–Crippen LogP) is 0.458.